The predicted molar refractivity (Wildman–Crippen MR) is 87.0 cm³/mol. The zero-order chi connectivity index (χ0) is 16.6. The normalized spacial score (nSPS) is 12.1. The van der Waals surface area contributed by atoms with Crippen LogP contribution < -0.4 is 5.56 Å². The molecule has 0 radical (unpaired) electrons. The van der Waals surface area contributed by atoms with E-state index >= 15 is 0 Å². The van der Waals surface area contributed by atoms with Crippen molar-refractivity contribution >= 4 is 16.3 Å². The van der Waals surface area contributed by atoms with Crippen LogP contribution in [-0.2, 0) is 0 Å². The number of fused-ring (bicyclic) bond motifs is 1. The smallest absolute Gasteiger partial charge is 0.266 e. The summed E-state index contributed by atoms with van der Waals surface area (Å²) in [5.41, 5.74) is 9.59. The highest BCUT2D eigenvalue weighted by molar-refractivity contribution is 7.15. The fraction of sp³-hybridized carbons (Fsp3) is 0.200. The third kappa shape index (κ3) is 2.48. The SMILES string of the molecule is Cc1csc2nc(C(C)N=[N+]=[N-])c(-c3ccccc3F)c(=O)n12. The molecule has 0 amide bonds. The Balaban J connectivity index is 2.46. The van der Waals surface area contributed by atoms with Gasteiger partial charge in [-0.2, -0.15) is 0 Å². The molecule has 116 valence electrons. The number of aryl methyl sites for hydroxylation is 1. The molecule has 1 aromatic carbocycles. The lowest BCUT2D eigenvalue weighted by Crippen LogP contribution is -2.21. The van der Waals surface area contributed by atoms with Crippen LogP contribution in [0, 0.1) is 12.7 Å². The third-order valence-corrected chi connectivity index (χ3v) is 4.48. The minimum Gasteiger partial charge on any atom is -0.268 e. The maximum Gasteiger partial charge on any atom is 0.266 e. The van der Waals surface area contributed by atoms with E-state index in [4.69, 9.17) is 5.53 Å². The van der Waals surface area contributed by atoms with E-state index in [1.54, 1.807) is 31.4 Å². The van der Waals surface area contributed by atoms with Crippen LogP contribution in [0.2, 0.25) is 0 Å². The van der Waals surface area contributed by atoms with Crippen LogP contribution in [-0.4, -0.2) is 9.38 Å². The van der Waals surface area contributed by atoms with Gasteiger partial charge in [0.1, 0.15) is 5.82 Å². The quantitative estimate of drug-likeness (QED) is 0.409. The lowest BCUT2D eigenvalue weighted by Gasteiger charge is -2.12. The Morgan fingerprint density at radius 3 is 2.87 bits per heavy atom. The van der Waals surface area contributed by atoms with Crippen LogP contribution in [0.25, 0.3) is 26.5 Å². The molecule has 0 N–H and O–H groups in total. The van der Waals surface area contributed by atoms with Crippen molar-refractivity contribution in [2.75, 3.05) is 0 Å². The van der Waals surface area contributed by atoms with Gasteiger partial charge in [-0.3, -0.25) is 9.20 Å². The number of azide groups is 1. The van der Waals surface area contributed by atoms with Crippen molar-refractivity contribution in [2.45, 2.75) is 19.9 Å². The molecule has 6 nitrogen and oxygen atoms in total. The molecule has 2 aromatic heterocycles. The van der Waals surface area contributed by atoms with Crippen molar-refractivity contribution in [3.8, 4) is 11.1 Å². The van der Waals surface area contributed by atoms with Crippen molar-refractivity contribution in [1.29, 1.82) is 0 Å². The molecule has 1 atom stereocenters. The lowest BCUT2D eigenvalue weighted by atomic mass is 10.0. The molecule has 0 aliphatic rings. The number of aromatic nitrogens is 2. The average molecular weight is 329 g/mol. The van der Waals surface area contributed by atoms with Gasteiger partial charge in [-0.25, -0.2) is 9.37 Å². The number of hydrogen-bond donors (Lipinski definition) is 0. The van der Waals surface area contributed by atoms with Crippen molar-refractivity contribution in [3.63, 3.8) is 0 Å². The van der Waals surface area contributed by atoms with E-state index in [9.17, 15) is 9.18 Å². The Hall–Kier alpha value is -2.70. The highest BCUT2D eigenvalue weighted by Gasteiger charge is 2.22. The van der Waals surface area contributed by atoms with Gasteiger partial charge in [-0.1, -0.05) is 30.2 Å². The van der Waals surface area contributed by atoms with Gasteiger partial charge >= 0.3 is 0 Å². The molecular weight excluding hydrogens is 317 g/mol. The summed E-state index contributed by atoms with van der Waals surface area (Å²) in [7, 11) is 0. The van der Waals surface area contributed by atoms with Crippen molar-refractivity contribution in [1.82, 2.24) is 9.38 Å². The molecule has 0 aliphatic heterocycles. The Morgan fingerprint density at radius 1 is 1.43 bits per heavy atom. The fourth-order valence-electron chi connectivity index (χ4n) is 2.45. The second-order valence-electron chi connectivity index (χ2n) is 5.03. The zero-order valence-corrected chi connectivity index (χ0v) is 13.2. The molecule has 0 bridgehead atoms. The molecule has 3 rings (SSSR count). The van der Waals surface area contributed by atoms with Gasteiger partial charge in [-0.05, 0) is 18.5 Å². The minimum absolute atomic E-state index is 0.127. The maximum absolute atomic E-state index is 14.2. The number of hydrogen-bond acceptors (Lipinski definition) is 4. The van der Waals surface area contributed by atoms with E-state index in [2.05, 4.69) is 15.0 Å². The molecule has 0 saturated heterocycles. The zero-order valence-electron chi connectivity index (χ0n) is 12.4. The van der Waals surface area contributed by atoms with E-state index in [0.29, 0.717) is 4.96 Å². The standard InChI is InChI=1S/C15H12FN5OS/c1-8-7-23-15-18-13(9(2)19-20-17)12(14(22)21(8)15)10-5-3-4-6-11(10)16/h3-7,9H,1-2H3. The average Bonchev–Trinajstić information content (AvgIpc) is 2.90. The molecular formula is C15H12FN5OS. The summed E-state index contributed by atoms with van der Waals surface area (Å²) in [5.74, 6) is -0.520. The van der Waals surface area contributed by atoms with Crippen LogP contribution in [0.3, 0.4) is 0 Å². The van der Waals surface area contributed by atoms with Gasteiger partial charge in [0.05, 0.1) is 17.3 Å². The van der Waals surface area contributed by atoms with Crippen molar-refractivity contribution in [2.24, 2.45) is 5.11 Å². The first-order valence-electron chi connectivity index (χ1n) is 6.84. The second-order valence-corrected chi connectivity index (χ2v) is 5.87. The van der Waals surface area contributed by atoms with Crippen molar-refractivity contribution in [3.05, 3.63) is 67.6 Å². The van der Waals surface area contributed by atoms with E-state index in [-0.39, 0.29) is 22.4 Å². The van der Waals surface area contributed by atoms with Crippen LogP contribution in [0.15, 0.2) is 39.6 Å². The molecule has 0 fully saturated rings. The molecule has 1 unspecified atom stereocenters. The van der Waals surface area contributed by atoms with Crippen LogP contribution in [0.4, 0.5) is 4.39 Å². The highest BCUT2D eigenvalue weighted by atomic mass is 32.1. The van der Waals surface area contributed by atoms with Gasteiger partial charge < -0.3 is 0 Å². The van der Waals surface area contributed by atoms with Gasteiger partial charge in [0.25, 0.3) is 5.56 Å². The second kappa shape index (κ2) is 5.83. The number of halogens is 1. The molecule has 0 aliphatic carbocycles. The summed E-state index contributed by atoms with van der Waals surface area (Å²) in [4.78, 5) is 20.6. The molecule has 3 aromatic rings. The Morgan fingerprint density at radius 2 is 2.17 bits per heavy atom. The fourth-order valence-corrected chi connectivity index (χ4v) is 3.31. The van der Waals surface area contributed by atoms with Gasteiger partial charge in [0, 0.05) is 21.5 Å². The number of benzene rings is 1. The van der Waals surface area contributed by atoms with Crippen molar-refractivity contribution < 1.29 is 4.39 Å². The molecule has 0 saturated carbocycles. The van der Waals surface area contributed by atoms with Gasteiger partial charge in [-0.15, -0.1) is 11.3 Å². The highest BCUT2D eigenvalue weighted by Crippen LogP contribution is 2.29. The summed E-state index contributed by atoms with van der Waals surface area (Å²) in [5, 5.41) is 5.42. The van der Waals surface area contributed by atoms with E-state index < -0.39 is 11.9 Å². The number of nitrogens with zero attached hydrogens (tertiary/aromatic N) is 5. The Kier molecular flexibility index (Phi) is 3.85. The minimum atomic E-state index is -0.685. The summed E-state index contributed by atoms with van der Waals surface area (Å²) < 4.78 is 15.7. The van der Waals surface area contributed by atoms with E-state index in [0.717, 1.165) is 5.69 Å². The van der Waals surface area contributed by atoms with Gasteiger partial charge in [0.2, 0.25) is 0 Å². The summed E-state index contributed by atoms with van der Waals surface area (Å²) in [6, 6.07) is 5.32. The number of thiazole rings is 1. The molecule has 23 heavy (non-hydrogen) atoms. The topological polar surface area (TPSA) is 83.1 Å². The monoisotopic (exact) mass is 329 g/mol. The first-order chi connectivity index (χ1) is 11.0. The predicted octanol–water partition coefficient (Wildman–Crippen LogP) is 4.24. The number of rotatable bonds is 3. The molecule has 0 spiro atoms. The largest absolute Gasteiger partial charge is 0.268 e. The van der Waals surface area contributed by atoms with E-state index in [1.165, 1.54) is 27.9 Å². The third-order valence-electron chi connectivity index (χ3n) is 3.53. The van der Waals surface area contributed by atoms with E-state index in [1.807, 2.05) is 0 Å². The summed E-state index contributed by atoms with van der Waals surface area (Å²) in [6.45, 7) is 3.41. The van der Waals surface area contributed by atoms with Crippen LogP contribution in [0.5, 0.6) is 0 Å². The Labute approximate surface area is 134 Å². The molecule has 8 heteroatoms. The lowest BCUT2D eigenvalue weighted by molar-refractivity contribution is 0.630. The summed E-state index contributed by atoms with van der Waals surface area (Å²) >= 11 is 1.31. The van der Waals surface area contributed by atoms with Crippen LogP contribution in [0.1, 0.15) is 24.4 Å². The Bertz CT molecular complexity index is 1000. The summed E-state index contributed by atoms with van der Waals surface area (Å²) in [6.07, 6.45) is 0. The molecule has 2 heterocycles. The maximum atomic E-state index is 14.2. The van der Waals surface area contributed by atoms with Crippen LogP contribution >= 0.6 is 11.3 Å². The first-order valence-corrected chi connectivity index (χ1v) is 7.72. The van der Waals surface area contributed by atoms with Gasteiger partial charge in [0.15, 0.2) is 4.96 Å². The first kappa shape index (κ1) is 15.2.